The minimum Gasteiger partial charge on any atom is -0.496 e. The highest BCUT2D eigenvalue weighted by Crippen LogP contribution is 2.40. The fourth-order valence-electron chi connectivity index (χ4n) is 1.98. The van der Waals surface area contributed by atoms with Crippen LogP contribution in [0.1, 0.15) is 25.8 Å². The molecule has 1 N–H and O–H groups in total. The number of methoxy groups -OCH3 is 2. The van der Waals surface area contributed by atoms with Crippen molar-refractivity contribution in [3.05, 3.63) is 23.8 Å². The maximum atomic E-state index is 10.9. The molecule has 4 nitrogen and oxygen atoms in total. The molecule has 0 aliphatic heterocycles. The molecule has 94 valence electrons. The van der Waals surface area contributed by atoms with Crippen LogP contribution in [0.15, 0.2) is 18.2 Å². The third-order valence-electron chi connectivity index (χ3n) is 2.70. The molecule has 0 radical (unpaired) electrons. The van der Waals surface area contributed by atoms with Crippen molar-refractivity contribution in [2.24, 2.45) is 0 Å². The largest absolute Gasteiger partial charge is 0.496 e. The van der Waals surface area contributed by atoms with Gasteiger partial charge in [-0.3, -0.25) is 4.79 Å². The first-order valence-corrected chi connectivity index (χ1v) is 5.35. The van der Waals surface area contributed by atoms with Crippen LogP contribution in [0.2, 0.25) is 0 Å². The summed E-state index contributed by atoms with van der Waals surface area (Å²) in [5.74, 6) is 0.453. The van der Waals surface area contributed by atoms with E-state index in [-0.39, 0.29) is 6.42 Å². The van der Waals surface area contributed by atoms with Crippen molar-refractivity contribution in [1.82, 2.24) is 0 Å². The lowest BCUT2D eigenvalue weighted by atomic mass is 9.80. The average molecular weight is 238 g/mol. The number of benzene rings is 1. The van der Waals surface area contributed by atoms with Crippen LogP contribution in [0, 0.1) is 0 Å². The number of carbonyl (C=O) groups is 1. The van der Waals surface area contributed by atoms with E-state index in [2.05, 4.69) is 0 Å². The summed E-state index contributed by atoms with van der Waals surface area (Å²) in [5.41, 5.74) is 0.233. The molecule has 0 saturated heterocycles. The number of hydrogen-bond donors (Lipinski definition) is 1. The second kappa shape index (κ2) is 5.08. The van der Waals surface area contributed by atoms with Crippen LogP contribution in [0.5, 0.6) is 11.5 Å². The summed E-state index contributed by atoms with van der Waals surface area (Å²) >= 11 is 0. The zero-order valence-electron chi connectivity index (χ0n) is 10.6. The zero-order valence-corrected chi connectivity index (χ0v) is 10.6. The summed E-state index contributed by atoms with van der Waals surface area (Å²) in [5, 5.41) is 8.96. The molecular formula is C13H18O4. The maximum absolute atomic E-state index is 10.9. The summed E-state index contributed by atoms with van der Waals surface area (Å²) in [6.07, 6.45) is 0.0176. The van der Waals surface area contributed by atoms with Gasteiger partial charge in [0, 0.05) is 11.0 Å². The molecule has 0 aliphatic carbocycles. The summed E-state index contributed by atoms with van der Waals surface area (Å²) < 4.78 is 10.6. The molecule has 0 unspecified atom stereocenters. The van der Waals surface area contributed by atoms with Crippen LogP contribution in [0.25, 0.3) is 0 Å². The number of carboxylic acid groups (broad SMARTS) is 1. The van der Waals surface area contributed by atoms with E-state index >= 15 is 0 Å². The lowest BCUT2D eigenvalue weighted by Crippen LogP contribution is -2.23. The Kier molecular flexibility index (Phi) is 3.99. The van der Waals surface area contributed by atoms with E-state index in [9.17, 15) is 4.79 Å². The quantitative estimate of drug-likeness (QED) is 0.856. The Labute approximate surface area is 101 Å². The molecule has 0 fully saturated rings. The lowest BCUT2D eigenvalue weighted by molar-refractivity contribution is -0.138. The minimum absolute atomic E-state index is 0.0176. The van der Waals surface area contributed by atoms with E-state index in [0.717, 1.165) is 5.56 Å². The third-order valence-corrected chi connectivity index (χ3v) is 2.70. The van der Waals surface area contributed by atoms with Crippen LogP contribution < -0.4 is 9.47 Å². The monoisotopic (exact) mass is 238 g/mol. The topological polar surface area (TPSA) is 55.8 Å². The first-order valence-electron chi connectivity index (χ1n) is 5.35. The molecule has 0 amide bonds. The smallest absolute Gasteiger partial charge is 0.304 e. The molecule has 0 aromatic heterocycles. The van der Waals surface area contributed by atoms with E-state index < -0.39 is 11.4 Å². The summed E-state index contributed by atoms with van der Waals surface area (Å²) in [6, 6.07) is 5.43. The Morgan fingerprint density at radius 1 is 1.24 bits per heavy atom. The molecule has 17 heavy (non-hydrogen) atoms. The Morgan fingerprint density at radius 2 is 1.71 bits per heavy atom. The standard InChI is InChI=1S/C13H18O4/c1-13(2,8-11(14)15)12-9(16-3)6-5-7-10(12)17-4/h5-7H,8H2,1-4H3,(H,14,15). The van der Waals surface area contributed by atoms with Crippen molar-refractivity contribution in [2.75, 3.05) is 14.2 Å². The molecule has 1 rings (SSSR count). The third kappa shape index (κ3) is 2.90. The first kappa shape index (κ1) is 13.4. The molecule has 1 aromatic carbocycles. The van der Waals surface area contributed by atoms with Gasteiger partial charge in [-0.1, -0.05) is 19.9 Å². The molecule has 0 bridgehead atoms. The van der Waals surface area contributed by atoms with Gasteiger partial charge in [-0.25, -0.2) is 0 Å². The van der Waals surface area contributed by atoms with Gasteiger partial charge in [-0.2, -0.15) is 0 Å². The van der Waals surface area contributed by atoms with Gasteiger partial charge in [-0.05, 0) is 12.1 Å². The van der Waals surface area contributed by atoms with Gasteiger partial charge in [0.15, 0.2) is 0 Å². The van der Waals surface area contributed by atoms with Crippen molar-refractivity contribution in [3.63, 3.8) is 0 Å². The van der Waals surface area contributed by atoms with E-state index in [1.807, 2.05) is 19.9 Å². The van der Waals surface area contributed by atoms with Crippen molar-refractivity contribution >= 4 is 5.97 Å². The molecule has 1 aromatic rings. The fourth-order valence-corrected chi connectivity index (χ4v) is 1.98. The molecule has 0 spiro atoms. The molecule has 4 heteroatoms. The van der Waals surface area contributed by atoms with Crippen molar-refractivity contribution in [1.29, 1.82) is 0 Å². The zero-order chi connectivity index (χ0) is 13.1. The van der Waals surface area contributed by atoms with Crippen LogP contribution in [0.4, 0.5) is 0 Å². The minimum atomic E-state index is -0.844. The Balaban J connectivity index is 3.30. The number of aliphatic carboxylic acids is 1. The number of ether oxygens (including phenoxy) is 2. The van der Waals surface area contributed by atoms with Crippen LogP contribution in [-0.2, 0) is 10.2 Å². The highest BCUT2D eigenvalue weighted by Gasteiger charge is 2.30. The molecule has 0 heterocycles. The van der Waals surface area contributed by atoms with Gasteiger partial charge >= 0.3 is 5.97 Å². The van der Waals surface area contributed by atoms with Crippen LogP contribution in [0.3, 0.4) is 0 Å². The van der Waals surface area contributed by atoms with Crippen molar-refractivity contribution in [2.45, 2.75) is 25.7 Å². The molecule has 0 atom stereocenters. The van der Waals surface area contributed by atoms with Gasteiger partial charge in [0.25, 0.3) is 0 Å². The average Bonchev–Trinajstić information content (AvgIpc) is 2.26. The second-order valence-electron chi connectivity index (χ2n) is 4.49. The van der Waals surface area contributed by atoms with E-state index in [1.54, 1.807) is 26.4 Å². The van der Waals surface area contributed by atoms with E-state index in [4.69, 9.17) is 14.6 Å². The maximum Gasteiger partial charge on any atom is 0.304 e. The highest BCUT2D eigenvalue weighted by atomic mass is 16.5. The fraction of sp³-hybridized carbons (Fsp3) is 0.462. The number of carboxylic acids is 1. The van der Waals surface area contributed by atoms with E-state index in [1.165, 1.54) is 0 Å². The summed E-state index contributed by atoms with van der Waals surface area (Å²) in [4.78, 5) is 10.9. The van der Waals surface area contributed by atoms with Gasteiger partial charge in [0.2, 0.25) is 0 Å². The first-order chi connectivity index (χ1) is 7.92. The predicted molar refractivity (Wildman–Crippen MR) is 64.8 cm³/mol. The number of hydrogen-bond acceptors (Lipinski definition) is 3. The predicted octanol–water partition coefficient (Wildman–Crippen LogP) is 2.46. The van der Waals surface area contributed by atoms with Gasteiger partial charge in [-0.15, -0.1) is 0 Å². The van der Waals surface area contributed by atoms with E-state index in [0.29, 0.717) is 11.5 Å². The van der Waals surface area contributed by atoms with Gasteiger partial charge < -0.3 is 14.6 Å². The highest BCUT2D eigenvalue weighted by molar-refractivity contribution is 5.70. The van der Waals surface area contributed by atoms with Crippen LogP contribution >= 0.6 is 0 Å². The molecule has 0 aliphatic rings. The lowest BCUT2D eigenvalue weighted by Gasteiger charge is -2.27. The van der Waals surface area contributed by atoms with Crippen LogP contribution in [-0.4, -0.2) is 25.3 Å². The Hall–Kier alpha value is -1.71. The Bertz CT molecular complexity index is 388. The number of rotatable bonds is 5. The Morgan fingerprint density at radius 3 is 2.06 bits per heavy atom. The molecular weight excluding hydrogens is 220 g/mol. The van der Waals surface area contributed by atoms with Gasteiger partial charge in [0.05, 0.1) is 20.6 Å². The normalized spacial score (nSPS) is 11.1. The second-order valence-corrected chi connectivity index (χ2v) is 4.49. The summed E-state index contributed by atoms with van der Waals surface area (Å²) in [7, 11) is 3.13. The summed E-state index contributed by atoms with van der Waals surface area (Å²) in [6.45, 7) is 3.73. The SMILES string of the molecule is COc1cccc(OC)c1C(C)(C)CC(=O)O. The van der Waals surface area contributed by atoms with Crippen molar-refractivity contribution < 1.29 is 19.4 Å². The van der Waals surface area contributed by atoms with Crippen molar-refractivity contribution in [3.8, 4) is 11.5 Å². The van der Waals surface area contributed by atoms with Gasteiger partial charge in [0.1, 0.15) is 11.5 Å². The molecule has 0 saturated carbocycles.